The number of hydrogen-bond donors (Lipinski definition) is 3. The molecule has 0 unspecified atom stereocenters. The van der Waals surface area contributed by atoms with E-state index in [4.69, 9.17) is 4.74 Å². The first-order valence-electron chi connectivity index (χ1n) is 9.57. The zero-order valence-electron chi connectivity index (χ0n) is 17.4. The number of nitrogens with zero attached hydrogens (tertiary/aromatic N) is 2. The van der Waals surface area contributed by atoms with E-state index in [-0.39, 0.29) is 18.5 Å². The fourth-order valence-corrected chi connectivity index (χ4v) is 2.83. The van der Waals surface area contributed by atoms with Gasteiger partial charge in [-0.05, 0) is 28.8 Å². The first-order chi connectivity index (χ1) is 14.8. The number of nitrogens with one attached hydrogen (secondary N) is 1. The maximum Gasteiger partial charge on any atom is 0.453 e. The molecule has 0 saturated heterocycles. The summed E-state index contributed by atoms with van der Waals surface area (Å²) >= 11 is 0. The van der Waals surface area contributed by atoms with Gasteiger partial charge in [0.15, 0.2) is 0 Å². The van der Waals surface area contributed by atoms with Crippen LogP contribution in [0.1, 0.15) is 22.7 Å². The summed E-state index contributed by atoms with van der Waals surface area (Å²) in [5.41, 5.74) is 2.00. The van der Waals surface area contributed by atoms with Gasteiger partial charge in [0, 0.05) is 20.4 Å². The lowest BCUT2D eigenvalue weighted by Gasteiger charge is -2.18. The van der Waals surface area contributed by atoms with Crippen LogP contribution in [0.15, 0.2) is 60.2 Å². The summed E-state index contributed by atoms with van der Waals surface area (Å²) in [4.78, 5) is 25.6. The van der Waals surface area contributed by atoms with E-state index in [0.717, 1.165) is 0 Å². The summed E-state index contributed by atoms with van der Waals surface area (Å²) in [6.07, 6.45) is 0.673. The molecule has 1 atom stereocenters. The van der Waals surface area contributed by atoms with Crippen LogP contribution in [-0.4, -0.2) is 48.2 Å². The third kappa shape index (κ3) is 7.62. The average Bonchev–Trinajstić information content (AvgIpc) is 2.75. The second-order valence-corrected chi connectivity index (χ2v) is 7.01. The van der Waals surface area contributed by atoms with Crippen LogP contribution in [0.5, 0.6) is 0 Å². The van der Waals surface area contributed by atoms with Gasteiger partial charge >= 0.3 is 13.2 Å². The minimum Gasteiger partial charge on any atom is -0.445 e. The topological polar surface area (TPSA) is 123 Å². The second kappa shape index (κ2) is 11.5. The number of likely N-dealkylation sites (N-methyl/N-ethyl adjacent to an activating group) is 1. The van der Waals surface area contributed by atoms with Crippen LogP contribution < -0.4 is 5.32 Å². The van der Waals surface area contributed by atoms with Gasteiger partial charge < -0.3 is 25.0 Å². The quantitative estimate of drug-likeness (QED) is 0.341. The second-order valence-electron chi connectivity index (χ2n) is 7.01. The van der Waals surface area contributed by atoms with Crippen LogP contribution in [0.4, 0.5) is 4.79 Å². The Bertz CT molecular complexity index is 971. The molecule has 0 aromatic heterocycles. The number of hydrogen-bond acceptors (Lipinski definition) is 6. The summed E-state index contributed by atoms with van der Waals surface area (Å²) in [7, 11) is 1.54. The molecule has 0 fully saturated rings. The molecule has 31 heavy (non-hydrogen) atoms. The Morgan fingerprint density at radius 3 is 2.52 bits per heavy atom. The molecule has 0 bridgehead atoms. The Kier molecular flexibility index (Phi) is 8.82. The average molecular weight is 421 g/mol. The van der Waals surface area contributed by atoms with Crippen molar-refractivity contribution in [2.24, 2.45) is 0 Å². The van der Waals surface area contributed by atoms with E-state index < -0.39 is 25.2 Å². The lowest BCUT2D eigenvalue weighted by Crippen LogP contribution is -2.32. The highest BCUT2D eigenvalue weighted by molar-refractivity contribution is 6.41. The number of carbonyl (C=O) groups excluding carboxylic acids is 2. The maximum atomic E-state index is 12.3. The summed E-state index contributed by atoms with van der Waals surface area (Å²) in [6.45, 7) is -0.0415. The van der Waals surface area contributed by atoms with Crippen molar-refractivity contribution in [2.75, 3.05) is 14.1 Å². The Hall–Kier alpha value is -3.61. The van der Waals surface area contributed by atoms with E-state index in [0.29, 0.717) is 16.7 Å². The smallest absolute Gasteiger partial charge is 0.445 e. The number of ether oxygens (including phenoxy) is 1. The molecule has 0 radical (unpaired) electrons. The van der Waals surface area contributed by atoms with Crippen molar-refractivity contribution >= 4 is 25.2 Å². The molecule has 2 aromatic carbocycles. The van der Waals surface area contributed by atoms with Crippen LogP contribution in [0.2, 0.25) is 6.32 Å². The standard InChI is InChI=1S/C22H24BN3O5/c1-26(2)21(27)19(14-24)12-16-7-6-8-17(11-16)15-31-22(28)25-20(13-23(29)30)18-9-4-3-5-10-18/h3-12,20,29-30H,13,15H2,1-2H3,(H,25,28)/t20-/m0/s1. The van der Waals surface area contributed by atoms with Gasteiger partial charge in [0.2, 0.25) is 0 Å². The first-order valence-corrected chi connectivity index (χ1v) is 9.57. The van der Waals surface area contributed by atoms with Crippen molar-refractivity contribution < 1.29 is 24.4 Å². The molecular formula is C22H24BN3O5. The summed E-state index contributed by atoms with van der Waals surface area (Å²) in [5, 5.41) is 30.5. The van der Waals surface area contributed by atoms with Gasteiger partial charge in [-0.3, -0.25) is 4.79 Å². The van der Waals surface area contributed by atoms with Crippen molar-refractivity contribution in [1.29, 1.82) is 5.26 Å². The highest BCUT2D eigenvalue weighted by Crippen LogP contribution is 2.18. The van der Waals surface area contributed by atoms with Crippen LogP contribution in [0, 0.1) is 11.3 Å². The summed E-state index contributed by atoms with van der Waals surface area (Å²) in [5.74, 6) is -0.401. The number of nitriles is 1. The lowest BCUT2D eigenvalue weighted by molar-refractivity contribution is -0.124. The van der Waals surface area contributed by atoms with Gasteiger partial charge in [-0.2, -0.15) is 5.26 Å². The van der Waals surface area contributed by atoms with Crippen LogP contribution >= 0.6 is 0 Å². The normalized spacial score (nSPS) is 11.8. The van der Waals surface area contributed by atoms with E-state index >= 15 is 0 Å². The Labute approximate surface area is 181 Å². The molecular weight excluding hydrogens is 397 g/mol. The molecule has 0 aliphatic carbocycles. The molecule has 160 valence electrons. The van der Waals surface area contributed by atoms with Crippen molar-refractivity contribution in [3.05, 3.63) is 76.9 Å². The third-order valence-electron chi connectivity index (χ3n) is 4.33. The Morgan fingerprint density at radius 1 is 1.19 bits per heavy atom. The monoisotopic (exact) mass is 421 g/mol. The SMILES string of the molecule is CN(C)C(=O)C(C#N)=Cc1cccc(COC(=O)N[C@@H](CB(O)O)c2ccccc2)c1. The minimum atomic E-state index is -1.59. The highest BCUT2D eigenvalue weighted by Gasteiger charge is 2.21. The van der Waals surface area contributed by atoms with Crippen molar-refractivity contribution in [3.8, 4) is 6.07 Å². The molecule has 0 saturated carbocycles. The molecule has 0 heterocycles. The fraction of sp³-hybridized carbons (Fsp3) is 0.227. The molecule has 9 heteroatoms. The molecule has 8 nitrogen and oxygen atoms in total. The largest absolute Gasteiger partial charge is 0.453 e. The van der Waals surface area contributed by atoms with Gasteiger partial charge in [-0.1, -0.05) is 48.5 Å². The molecule has 0 spiro atoms. The van der Waals surface area contributed by atoms with Crippen molar-refractivity contribution in [1.82, 2.24) is 10.2 Å². The zero-order chi connectivity index (χ0) is 22.8. The van der Waals surface area contributed by atoms with E-state index in [1.165, 1.54) is 11.0 Å². The van der Waals surface area contributed by atoms with Gasteiger partial charge in [0.25, 0.3) is 5.91 Å². The van der Waals surface area contributed by atoms with Crippen molar-refractivity contribution in [3.63, 3.8) is 0 Å². The summed E-state index contributed by atoms with van der Waals surface area (Å²) in [6, 6.07) is 17.1. The van der Waals surface area contributed by atoms with Gasteiger partial charge in [0.1, 0.15) is 18.2 Å². The number of carbonyl (C=O) groups is 2. The van der Waals surface area contributed by atoms with Crippen LogP contribution in [-0.2, 0) is 16.1 Å². The number of benzene rings is 2. The van der Waals surface area contributed by atoms with Crippen LogP contribution in [0.3, 0.4) is 0 Å². The van der Waals surface area contributed by atoms with Gasteiger partial charge in [-0.25, -0.2) is 4.79 Å². The predicted molar refractivity (Wildman–Crippen MR) is 116 cm³/mol. The first kappa shape index (κ1) is 23.7. The molecule has 2 aromatic rings. The fourth-order valence-electron chi connectivity index (χ4n) is 2.83. The molecule has 2 rings (SSSR count). The molecule has 0 aliphatic heterocycles. The number of rotatable bonds is 8. The van der Waals surface area contributed by atoms with Crippen molar-refractivity contribution in [2.45, 2.75) is 19.0 Å². The lowest BCUT2D eigenvalue weighted by atomic mass is 9.79. The van der Waals surface area contributed by atoms with E-state index in [1.807, 2.05) is 12.1 Å². The molecule has 0 aliphatic rings. The van der Waals surface area contributed by atoms with E-state index in [2.05, 4.69) is 5.32 Å². The van der Waals surface area contributed by atoms with Gasteiger partial charge in [0.05, 0.1) is 6.04 Å². The predicted octanol–water partition coefficient (Wildman–Crippen LogP) is 2.12. The highest BCUT2D eigenvalue weighted by atomic mass is 16.5. The minimum absolute atomic E-state index is 0.00549. The number of alkyl carbamates (subject to hydrolysis) is 1. The van der Waals surface area contributed by atoms with Gasteiger partial charge in [-0.15, -0.1) is 0 Å². The molecule has 2 amide bonds. The number of amides is 2. The third-order valence-corrected chi connectivity index (χ3v) is 4.33. The Morgan fingerprint density at radius 2 is 1.90 bits per heavy atom. The molecule has 3 N–H and O–H groups in total. The van der Waals surface area contributed by atoms with Crippen LogP contribution in [0.25, 0.3) is 6.08 Å². The summed E-state index contributed by atoms with van der Waals surface area (Å²) < 4.78 is 5.26. The van der Waals surface area contributed by atoms with E-state index in [9.17, 15) is 24.9 Å². The van der Waals surface area contributed by atoms with E-state index in [1.54, 1.807) is 62.6 Å². The maximum absolute atomic E-state index is 12.3. The Balaban J connectivity index is 2.04. The zero-order valence-corrected chi connectivity index (χ0v) is 17.4.